The first-order valence-corrected chi connectivity index (χ1v) is 6.15. The lowest BCUT2D eigenvalue weighted by Crippen LogP contribution is -2.14. The summed E-state index contributed by atoms with van der Waals surface area (Å²) in [6, 6.07) is 14.3. The molecule has 0 unspecified atom stereocenters. The van der Waals surface area contributed by atoms with Crippen LogP contribution in [0.3, 0.4) is 0 Å². The Balaban J connectivity index is 2.30. The summed E-state index contributed by atoms with van der Waals surface area (Å²) in [4.78, 5) is 24.2. The maximum Gasteiger partial charge on any atom is 0.337 e. The van der Waals surface area contributed by atoms with Crippen molar-refractivity contribution < 1.29 is 14.3 Å². The molecule has 0 bridgehead atoms. The first kappa shape index (κ1) is 13.8. The van der Waals surface area contributed by atoms with Gasteiger partial charge in [0.15, 0.2) is 0 Å². The fourth-order valence-corrected chi connectivity index (χ4v) is 1.85. The first-order valence-electron chi connectivity index (χ1n) is 6.15. The van der Waals surface area contributed by atoms with Crippen LogP contribution >= 0.6 is 0 Å². The number of carbonyl (C=O) groups is 2. The summed E-state index contributed by atoms with van der Waals surface area (Å²) >= 11 is 0. The van der Waals surface area contributed by atoms with Gasteiger partial charge in [-0.3, -0.25) is 9.69 Å². The van der Waals surface area contributed by atoms with E-state index in [1.807, 2.05) is 31.2 Å². The number of amides is 1. The first-order chi connectivity index (χ1) is 9.65. The monoisotopic (exact) mass is 269 g/mol. The summed E-state index contributed by atoms with van der Waals surface area (Å²) < 4.78 is 4.64. The molecule has 0 aliphatic heterocycles. The van der Waals surface area contributed by atoms with Crippen LogP contribution in [0.15, 0.2) is 48.5 Å². The van der Waals surface area contributed by atoms with E-state index in [0.29, 0.717) is 11.3 Å². The van der Waals surface area contributed by atoms with E-state index in [9.17, 15) is 9.59 Å². The molecule has 0 radical (unpaired) electrons. The highest BCUT2D eigenvalue weighted by molar-refractivity contribution is 5.91. The Morgan fingerprint density at radius 1 is 1.00 bits per heavy atom. The number of aryl methyl sites for hydroxylation is 1. The molecule has 0 saturated heterocycles. The molecular weight excluding hydrogens is 254 g/mol. The summed E-state index contributed by atoms with van der Waals surface area (Å²) in [5.41, 5.74) is 3.04. The number of hydrogen-bond acceptors (Lipinski definition) is 3. The lowest BCUT2D eigenvalue weighted by Gasteiger charge is -2.18. The lowest BCUT2D eigenvalue weighted by atomic mass is 10.1. The van der Waals surface area contributed by atoms with Crippen molar-refractivity contribution in [2.24, 2.45) is 0 Å². The van der Waals surface area contributed by atoms with Crippen LogP contribution in [-0.4, -0.2) is 19.5 Å². The van der Waals surface area contributed by atoms with E-state index >= 15 is 0 Å². The second-order valence-electron chi connectivity index (χ2n) is 4.35. The molecule has 0 N–H and O–H groups in total. The number of benzene rings is 2. The minimum Gasteiger partial charge on any atom is -0.465 e. The van der Waals surface area contributed by atoms with E-state index in [1.165, 1.54) is 12.0 Å². The Hall–Kier alpha value is -2.62. The van der Waals surface area contributed by atoms with Gasteiger partial charge < -0.3 is 4.74 Å². The minimum absolute atomic E-state index is 0.399. The highest BCUT2D eigenvalue weighted by Crippen LogP contribution is 2.24. The van der Waals surface area contributed by atoms with Crippen LogP contribution in [0.5, 0.6) is 0 Å². The van der Waals surface area contributed by atoms with E-state index in [1.54, 1.807) is 24.3 Å². The third kappa shape index (κ3) is 2.85. The summed E-state index contributed by atoms with van der Waals surface area (Å²) in [6.07, 6.45) is 0.748. The molecule has 0 aliphatic rings. The van der Waals surface area contributed by atoms with Crippen LogP contribution < -0.4 is 4.90 Å². The molecule has 2 rings (SSSR count). The maximum absolute atomic E-state index is 11.4. The summed E-state index contributed by atoms with van der Waals surface area (Å²) in [5.74, 6) is -0.399. The summed E-state index contributed by atoms with van der Waals surface area (Å²) in [5, 5.41) is 0. The molecule has 0 fully saturated rings. The van der Waals surface area contributed by atoms with Gasteiger partial charge in [0.05, 0.1) is 12.7 Å². The summed E-state index contributed by atoms with van der Waals surface area (Å²) in [7, 11) is 1.33. The van der Waals surface area contributed by atoms with E-state index in [4.69, 9.17) is 0 Å². The molecule has 2 aromatic carbocycles. The third-order valence-corrected chi connectivity index (χ3v) is 2.98. The lowest BCUT2D eigenvalue weighted by molar-refractivity contribution is -0.106. The van der Waals surface area contributed by atoms with E-state index in [-0.39, 0.29) is 0 Å². The van der Waals surface area contributed by atoms with Crippen LogP contribution in [0.1, 0.15) is 15.9 Å². The molecule has 20 heavy (non-hydrogen) atoms. The van der Waals surface area contributed by atoms with Crippen molar-refractivity contribution in [1.29, 1.82) is 0 Å². The third-order valence-electron chi connectivity index (χ3n) is 2.98. The van der Waals surface area contributed by atoms with Crippen molar-refractivity contribution in [3.8, 4) is 0 Å². The van der Waals surface area contributed by atoms with Gasteiger partial charge in [0.25, 0.3) is 0 Å². The van der Waals surface area contributed by atoms with Crippen molar-refractivity contribution in [2.45, 2.75) is 6.92 Å². The zero-order valence-corrected chi connectivity index (χ0v) is 11.4. The summed E-state index contributed by atoms with van der Waals surface area (Å²) in [6.45, 7) is 1.99. The van der Waals surface area contributed by atoms with Crippen LogP contribution in [0.25, 0.3) is 0 Å². The molecule has 2 aromatic rings. The number of methoxy groups -OCH3 is 1. The van der Waals surface area contributed by atoms with Gasteiger partial charge in [-0.25, -0.2) is 4.79 Å². The number of ether oxygens (including phenoxy) is 1. The second kappa shape index (κ2) is 6.02. The molecule has 0 aliphatic carbocycles. The standard InChI is InChI=1S/C16H15NO3/c1-12-3-7-14(8-4-12)17(11-18)15-9-5-13(6-10-15)16(19)20-2/h3-11H,1-2H3. The van der Waals surface area contributed by atoms with Gasteiger partial charge >= 0.3 is 5.97 Å². The number of nitrogens with zero attached hydrogens (tertiary/aromatic N) is 1. The van der Waals surface area contributed by atoms with Crippen molar-refractivity contribution in [3.05, 3.63) is 59.7 Å². The molecule has 4 heteroatoms. The van der Waals surface area contributed by atoms with Gasteiger partial charge in [-0.2, -0.15) is 0 Å². The van der Waals surface area contributed by atoms with Gasteiger partial charge in [0.2, 0.25) is 6.41 Å². The van der Waals surface area contributed by atoms with Crippen molar-refractivity contribution >= 4 is 23.8 Å². The predicted octanol–water partition coefficient (Wildman–Crippen LogP) is 3.08. The molecule has 102 valence electrons. The van der Waals surface area contributed by atoms with Gasteiger partial charge in [-0.05, 0) is 43.3 Å². The Bertz CT molecular complexity index is 603. The largest absolute Gasteiger partial charge is 0.465 e. The van der Waals surface area contributed by atoms with E-state index in [0.717, 1.165) is 17.7 Å². The highest BCUT2D eigenvalue weighted by Gasteiger charge is 2.10. The predicted molar refractivity (Wildman–Crippen MR) is 77.2 cm³/mol. The zero-order chi connectivity index (χ0) is 14.5. The topological polar surface area (TPSA) is 46.6 Å². The Labute approximate surface area is 117 Å². The molecule has 1 amide bonds. The fraction of sp³-hybridized carbons (Fsp3) is 0.125. The Morgan fingerprint density at radius 2 is 1.50 bits per heavy atom. The average Bonchev–Trinajstić information content (AvgIpc) is 2.50. The van der Waals surface area contributed by atoms with Crippen LogP contribution in [-0.2, 0) is 9.53 Å². The van der Waals surface area contributed by atoms with Crippen LogP contribution in [0.2, 0.25) is 0 Å². The maximum atomic E-state index is 11.4. The number of rotatable bonds is 4. The van der Waals surface area contributed by atoms with Gasteiger partial charge in [0.1, 0.15) is 0 Å². The molecule has 0 spiro atoms. The Kier molecular flexibility index (Phi) is 4.15. The quantitative estimate of drug-likeness (QED) is 0.633. The number of esters is 1. The molecule has 0 heterocycles. The number of carbonyl (C=O) groups excluding carboxylic acids is 2. The van der Waals surface area contributed by atoms with Crippen molar-refractivity contribution in [3.63, 3.8) is 0 Å². The number of anilines is 2. The van der Waals surface area contributed by atoms with Crippen LogP contribution in [0.4, 0.5) is 11.4 Å². The molecule has 4 nitrogen and oxygen atoms in total. The minimum atomic E-state index is -0.399. The average molecular weight is 269 g/mol. The number of hydrogen-bond donors (Lipinski definition) is 0. The van der Waals surface area contributed by atoms with E-state index < -0.39 is 5.97 Å². The molecule has 0 saturated carbocycles. The van der Waals surface area contributed by atoms with Crippen molar-refractivity contribution in [2.75, 3.05) is 12.0 Å². The van der Waals surface area contributed by atoms with Gasteiger partial charge in [-0.15, -0.1) is 0 Å². The molecular formula is C16H15NO3. The highest BCUT2D eigenvalue weighted by atomic mass is 16.5. The molecule has 0 atom stereocenters. The van der Waals surface area contributed by atoms with Gasteiger partial charge in [-0.1, -0.05) is 17.7 Å². The Morgan fingerprint density at radius 3 is 1.95 bits per heavy atom. The SMILES string of the molecule is COC(=O)c1ccc(N(C=O)c2ccc(C)cc2)cc1. The normalized spacial score (nSPS) is 9.90. The smallest absolute Gasteiger partial charge is 0.337 e. The fourth-order valence-electron chi connectivity index (χ4n) is 1.85. The van der Waals surface area contributed by atoms with Crippen molar-refractivity contribution in [1.82, 2.24) is 0 Å². The van der Waals surface area contributed by atoms with Crippen LogP contribution in [0, 0.1) is 6.92 Å². The zero-order valence-electron chi connectivity index (χ0n) is 11.4. The van der Waals surface area contributed by atoms with Gasteiger partial charge in [0, 0.05) is 11.4 Å². The van der Waals surface area contributed by atoms with E-state index in [2.05, 4.69) is 4.74 Å². The molecule has 0 aromatic heterocycles. The second-order valence-corrected chi connectivity index (χ2v) is 4.35.